The second-order valence-corrected chi connectivity index (χ2v) is 6.60. The molecule has 2 aromatic heterocycles. The molecular formula is C14H21N5S. The number of nitrogens with zero attached hydrogens (tertiary/aromatic N) is 3. The second-order valence-electron chi connectivity index (χ2n) is 5.59. The van der Waals surface area contributed by atoms with E-state index in [4.69, 9.17) is 0 Å². The topological polar surface area (TPSA) is 66.5 Å². The van der Waals surface area contributed by atoms with Crippen LogP contribution in [0.2, 0.25) is 0 Å². The van der Waals surface area contributed by atoms with E-state index in [1.54, 1.807) is 6.20 Å². The first-order valence-corrected chi connectivity index (χ1v) is 7.61. The summed E-state index contributed by atoms with van der Waals surface area (Å²) in [7, 11) is 0. The van der Waals surface area contributed by atoms with Crippen LogP contribution in [0.3, 0.4) is 0 Å². The van der Waals surface area contributed by atoms with Crippen molar-refractivity contribution in [2.24, 2.45) is 0 Å². The molecule has 108 valence electrons. The van der Waals surface area contributed by atoms with Gasteiger partial charge in [-0.25, -0.2) is 15.0 Å². The Morgan fingerprint density at radius 2 is 2.10 bits per heavy atom. The van der Waals surface area contributed by atoms with Crippen LogP contribution < -0.4 is 5.32 Å². The molecule has 2 heterocycles. The lowest BCUT2D eigenvalue weighted by atomic mass is 9.96. The van der Waals surface area contributed by atoms with Gasteiger partial charge in [0.25, 0.3) is 0 Å². The molecule has 2 N–H and O–H groups in total. The van der Waals surface area contributed by atoms with E-state index in [2.05, 4.69) is 52.9 Å². The van der Waals surface area contributed by atoms with Crippen LogP contribution in [0.4, 0.5) is 5.82 Å². The average molecular weight is 291 g/mol. The van der Waals surface area contributed by atoms with Crippen molar-refractivity contribution in [2.45, 2.75) is 49.7 Å². The summed E-state index contributed by atoms with van der Waals surface area (Å²) in [4.78, 5) is 16.5. The average Bonchev–Trinajstić information content (AvgIpc) is 2.88. The Morgan fingerprint density at radius 3 is 2.70 bits per heavy atom. The van der Waals surface area contributed by atoms with Gasteiger partial charge >= 0.3 is 0 Å². The number of aromatic amines is 1. The van der Waals surface area contributed by atoms with E-state index in [1.165, 1.54) is 11.8 Å². The van der Waals surface area contributed by atoms with E-state index in [9.17, 15) is 0 Å². The molecular weight excluding hydrogens is 270 g/mol. The van der Waals surface area contributed by atoms with Crippen molar-refractivity contribution in [1.82, 2.24) is 19.9 Å². The maximum absolute atomic E-state index is 4.64. The zero-order valence-corrected chi connectivity index (χ0v) is 13.2. The Kier molecular flexibility index (Phi) is 4.65. The number of nitrogens with one attached hydrogen (secondary N) is 2. The molecule has 20 heavy (non-hydrogen) atoms. The van der Waals surface area contributed by atoms with E-state index in [-0.39, 0.29) is 5.41 Å². The van der Waals surface area contributed by atoms with Crippen LogP contribution in [0.15, 0.2) is 28.6 Å². The van der Waals surface area contributed by atoms with Gasteiger partial charge in [-0.1, -0.05) is 27.7 Å². The van der Waals surface area contributed by atoms with E-state index >= 15 is 0 Å². The lowest BCUT2D eigenvalue weighted by Crippen LogP contribution is -2.17. The molecule has 0 aromatic carbocycles. The quantitative estimate of drug-likeness (QED) is 0.826. The molecule has 0 atom stereocenters. The molecule has 0 amide bonds. The van der Waals surface area contributed by atoms with Gasteiger partial charge in [-0.3, -0.25) is 0 Å². The number of anilines is 1. The fourth-order valence-corrected chi connectivity index (χ4v) is 2.30. The molecule has 6 heteroatoms. The van der Waals surface area contributed by atoms with Gasteiger partial charge in [0.15, 0.2) is 5.16 Å². The van der Waals surface area contributed by atoms with Gasteiger partial charge in [0.05, 0.1) is 0 Å². The first kappa shape index (κ1) is 14.8. The molecule has 0 aliphatic heterocycles. The highest BCUT2D eigenvalue weighted by molar-refractivity contribution is 7.99. The molecule has 0 bridgehead atoms. The fourth-order valence-electron chi connectivity index (χ4n) is 1.56. The van der Waals surface area contributed by atoms with Crippen LogP contribution in [-0.2, 0) is 5.41 Å². The third kappa shape index (κ3) is 3.96. The second kappa shape index (κ2) is 6.26. The predicted molar refractivity (Wildman–Crippen MR) is 82.2 cm³/mol. The van der Waals surface area contributed by atoms with Gasteiger partial charge in [0, 0.05) is 30.4 Å². The van der Waals surface area contributed by atoms with Crippen molar-refractivity contribution in [3.8, 4) is 0 Å². The molecule has 0 saturated carbocycles. The standard InChI is InChI=1S/C14H21N5S/c1-5-6-15-10-9-11(20-13-16-7-8-17-13)19-12(18-10)14(2,3)4/h7-9H,5-6H2,1-4H3,(H,16,17)(H,15,18,19). The van der Waals surface area contributed by atoms with E-state index in [0.29, 0.717) is 0 Å². The van der Waals surface area contributed by atoms with E-state index in [1.807, 2.05) is 12.3 Å². The highest BCUT2D eigenvalue weighted by atomic mass is 32.2. The minimum Gasteiger partial charge on any atom is -0.370 e. The van der Waals surface area contributed by atoms with Gasteiger partial charge in [-0.05, 0) is 18.2 Å². The zero-order chi connectivity index (χ0) is 14.6. The van der Waals surface area contributed by atoms with Crippen LogP contribution >= 0.6 is 11.8 Å². The summed E-state index contributed by atoms with van der Waals surface area (Å²) in [5, 5.41) is 5.07. The summed E-state index contributed by atoms with van der Waals surface area (Å²) in [5.41, 5.74) is -0.0810. The van der Waals surface area contributed by atoms with Crippen molar-refractivity contribution in [3.63, 3.8) is 0 Å². The molecule has 2 aromatic rings. The molecule has 0 aliphatic rings. The van der Waals surface area contributed by atoms with Crippen molar-refractivity contribution >= 4 is 17.6 Å². The molecule has 0 spiro atoms. The van der Waals surface area contributed by atoms with Crippen LogP contribution in [-0.4, -0.2) is 26.5 Å². The Hall–Kier alpha value is -1.56. The number of H-pyrrole nitrogens is 1. The largest absolute Gasteiger partial charge is 0.370 e. The first-order chi connectivity index (χ1) is 9.49. The highest BCUT2D eigenvalue weighted by Gasteiger charge is 2.19. The zero-order valence-electron chi connectivity index (χ0n) is 12.4. The van der Waals surface area contributed by atoms with Crippen molar-refractivity contribution in [1.29, 1.82) is 0 Å². The number of rotatable bonds is 5. The van der Waals surface area contributed by atoms with E-state index in [0.717, 1.165) is 34.8 Å². The van der Waals surface area contributed by atoms with Crippen LogP contribution in [0, 0.1) is 0 Å². The number of hydrogen-bond acceptors (Lipinski definition) is 5. The molecule has 0 saturated heterocycles. The van der Waals surface area contributed by atoms with Crippen LogP contribution in [0.5, 0.6) is 0 Å². The maximum atomic E-state index is 4.64. The van der Waals surface area contributed by atoms with Crippen LogP contribution in [0.25, 0.3) is 0 Å². The number of hydrogen-bond donors (Lipinski definition) is 2. The lowest BCUT2D eigenvalue weighted by molar-refractivity contribution is 0.539. The molecule has 0 radical (unpaired) electrons. The minimum absolute atomic E-state index is 0.0810. The summed E-state index contributed by atoms with van der Waals surface area (Å²) in [6.45, 7) is 9.40. The predicted octanol–water partition coefficient (Wildman–Crippen LogP) is 3.47. The van der Waals surface area contributed by atoms with Gasteiger partial charge in [-0.15, -0.1) is 0 Å². The van der Waals surface area contributed by atoms with Gasteiger partial charge in [0.2, 0.25) is 0 Å². The summed E-state index contributed by atoms with van der Waals surface area (Å²) >= 11 is 1.51. The lowest BCUT2D eigenvalue weighted by Gasteiger charge is -2.18. The molecule has 5 nitrogen and oxygen atoms in total. The number of imidazole rings is 1. The van der Waals surface area contributed by atoms with E-state index < -0.39 is 0 Å². The third-order valence-corrected chi connectivity index (χ3v) is 3.44. The Labute approximate surface area is 124 Å². The van der Waals surface area contributed by atoms with Gasteiger partial charge in [0.1, 0.15) is 16.7 Å². The fraction of sp³-hybridized carbons (Fsp3) is 0.500. The molecule has 2 rings (SSSR count). The Morgan fingerprint density at radius 1 is 1.30 bits per heavy atom. The van der Waals surface area contributed by atoms with Crippen molar-refractivity contribution in [2.75, 3.05) is 11.9 Å². The van der Waals surface area contributed by atoms with Crippen LogP contribution in [0.1, 0.15) is 39.9 Å². The minimum atomic E-state index is -0.0810. The summed E-state index contributed by atoms with van der Waals surface area (Å²) in [6, 6.07) is 1.97. The monoisotopic (exact) mass is 291 g/mol. The summed E-state index contributed by atoms with van der Waals surface area (Å²) in [6.07, 6.45) is 4.62. The SMILES string of the molecule is CCCNc1cc(Sc2ncc[nH]2)nc(C(C)(C)C)n1. The molecule has 0 aliphatic carbocycles. The summed E-state index contributed by atoms with van der Waals surface area (Å²) in [5.74, 6) is 1.72. The smallest absolute Gasteiger partial charge is 0.171 e. The van der Waals surface area contributed by atoms with Crippen molar-refractivity contribution in [3.05, 3.63) is 24.3 Å². The summed E-state index contributed by atoms with van der Waals surface area (Å²) < 4.78 is 0. The molecule has 0 unspecified atom stereocenters. The Bertz CT molecular complexity index is 545. The maximum Gasteiger partial charge on any atom is 0.171 e. The van der Waals surface area contributed by atoms with Crippen molar-refractivity contribution < 1.29 is 0 Å². The first-order valence-electron chi connectivity index (χ1n) is 6.79. The van der Waals surface area contributed by atoms with Gasteiger partial charge in [-0.2, -0.15) is 0 Å². The Balaban J connectivity index is 2.29. The normalized spacial score (nSPS) is 11.6. The van der Waals surface area contributed by atoms with Gasteiger partial charge < -0.3 is 10.3 Å². The molecule has 0 fully saturated rings. The highest BCUT2D eigenvalue weighted by Crippen LogP contribution is 2.27. The third-order valence-electron chi connectivity index (χ3n) is 2.60. The number of aromatic nitrogens is 4.